The van der Waals surface area contributed by atoms with Gasteiger partial charge in [0.2, 0.25) is 0 Å². The lowest BCUT2D eigenvalue weighted by Gasteiger charge is -2.05. The van der Waals surface area contributed by atoms with E-state index in [2.05, 4.69) is 5.10 Å². The number of nitro groups is 1. The molecule has 106 valence electrons. The highest BCUT2D eigenvalue weighted by molar-refractivity contribution is 6.31. The second-order valence-corrected chi connectivity index (χ2v) is 5.13. The van der Waals surface area contributed by atoms with E-state index >= 15 is 0 Å². The third-order valence-electron chi connectivity index (χ3n) is 2.86. The van der Waals surface area contributed by atoms with Crippen LogP contribution in [-0.4, -0.2) is 20.7 Å². The zero-order valence-corrected chi connectivity index (χ0v) is 11.7. The first-order chi connectivity index (χ1) is 9.47. The highest BCUT2D eigenvalue weighted by Gasteiger charge is 2.17. The van der Waals surface area contributed by atoms with Gasteiger partial charge in [-0.25, -0.2) is 0 Å². The van der Waals surface area contributed by atoms with Crippen molar-refractivity contribution < 1.29 is 4.92 Å². The number of rotatable bonds is 5. The molecule has 1 unspecified atom stereocenters. The van der Waals surface area contributed by atoms with E-state index in [-0.39, 0.29) is 18.3 Å². The molecule has 0 radical (unpaired) electrons. The molecule has 0 saturated carbocycles. The van der Waals surface area contributed by atoms with Gasteiger partial charge in [0.15, 0.2) is 0 Å². The van der Waals surface area contributed by atoms with Crippen LogP contribution in [-0.2, 0) is 13.0 Å². The molecule has 2 N–H and O–H groups in total. The minimum atomic E-state index is -0.437. The van der Waals surface area contributed by atoms with Crippen LogP contribution in [0.25, 0.3) is 0 Å². The molecule has 0 aliphatic heterocycles. The molecule has 20 heavy (non-hydrogen) atoms. The summed E-state index contributed by atoms with van der Waals surface area (Å²) in [5.74, 6) is 0. The summed E-state index contributed by atoms with van der Waals surface area (Å²) in [6.07, 6.45) is 4.26. The molecule has 7 heteroatoms. The maximum absolute atomic E-state index is 11.0. The van der Waals surface area contributed by atoms with E-state index in [1.54, 1.807) is 23.0 Å². The van der Waals surface area contributed by atoms with Crippen molar-refractivity contribution in [1.29, 1.82) is 0 Å². The number of nitrogens with two attached hydrogens (primary N) is 1. The molecule has 0 amide bonds. The molecule has 0 spiro atoms. The minimum absolute atomic E-state index is 0.00161. The second-order valence-electron chi connectivity index (χ2n) is 4.72. The summed E-state index contributed by atoms with van der Waals surface area (Å²) in [5, 5.41) is 15.6. The fraction of sp³-hybridized carbons (Fsp3) is 0.308. The van der Waals surface area contributed by atoms with E-state index in [0.29, 0.717) is 17.0 Å². The van der Waals surface area contributed by atoms with E-state index in [1.165, 1.54) is 6.07 Å². The molecule has 1 aromatic carbocycles. The van der Waals surface area contributed by atoms with Gasteiger partial charge in [0, 0.05) is 18.3 Å². The fourth-order valence-electron chi connectivity index (χ4n) is 2.01. The zero-order chi connectivity index (χ0) is 14.7. The van der Waals surface area contributed by atoms with Crippen molar-refractivity contribution >= 4 is 17.3 Å². The van der Waals surface area contributed by atoms with Gasteiger partial charge in [-0.15, -0.1) is 0 Å². The van der Waals surface area contributed by atoms with E-state index in [0.717, 1.165) is 5.56 Å². The quantitative estimate of drug-likeness (QED) is 0.677. The van der Waals surface area contributed by atoms with E-state index in [1.807, 2.05) is 13.1 Å². The molecule has 0 aliphatic rings. The van der Waals surface area contributed by atoms with Crippen molar-refractivity contribution in [2.45, 2.75) is 25.9 Å². The lowest BCUT2D eigenvalue weighted by atomic mass is 10.1. The predicted octanol–water partition coefficient (Wildman–Crippen LogP) is 2.38. The first-order valence-electron chi connectivity index (χ1n) is 6.16. The molecular formula is C13H15ClN4O2. The van der Waals surface area contributed by atoms with Gasteiger partial charge in [0.1, 0.15) is 0 Å². The smallest absolute Gasteiger partial charge is 0.275 e. The summed E-state index contributed by atoms with van der Waals surface area (Å²) < 4.78 is 1.63. The summed E-state index contributed by atoms with van der Waals surface area (Å²) >= 11 is 6.05. The summed E-state index contributed by atoms with van der Waals surface area (Å²) in [6, 6.07) is 4.68. The number of hydrogen-bond acceptors (Lipinski definition) is 4. The Morgan fingerprint density at radius 1 is 1.55 bits per heavy atom. The Kier molecular flexibility index (Phi) is 4.36. The average molecular weight is 295 g/mol. The fourth-order valence-corrected chi connectivity index (χ4v) is 2.24. The Hall–Kier alpha value is -1.92. The molecule has 6 nitrogen and oxygen atoms in total. The van der Waals surface area contributed by atoms with Gasteiger partial charge < -0.3 is 5.73 Å². The second kappa shape index (κ2) is 6.02. The standard InChI is InChI=1S/C13H15ClN4O2/c1-9(15)5-10-6-16-17(7-10)8-11-12(14)3-2-4-13(11)18(19)20/h2-4,6-7,9H,5,8,15H2,1H3. The Morgan fingerprint density at radius 2 is 2.30 bits per heavy atom. The predicted molar refractivity (Wildman–Crippen MR) is 76.8 cm³/mol. The lowest BCUT2D eigenvalue weighted by Crippen LogP contribution is -2.17. The number of halogens is 1. The third-order valence-corrected chi connectivity index (χ3v) is 3.21. The van der Waals surface area contributed by atoms with Crippen LogP contribution in [0.4, 0.5) is 5.69 Å². The number of hydrogen-bond donors (Lipinski definition) is 1. The van der Waals surface area contributed by atoms with Crippen LogP contribution in [0.15, 0.2) is 30.6 Å². The third kappa shape index (κ3) is 3.34. The molecule has 1 heterocycles. The lowest BCUT2D eigenvalue weighted by molar-refractivity contribution is -0.385. The molecule has 0 bridgehead atoms. The van der Waals surface area contributed by atoms with Crippen LogP contribution in [0.5, 0.6) is 0 Å². The molecular weight excluding hydrogens is 280 g/mol. The van der Waals surface area contributed by atoms with Gasteiger partial charge in [-0.05, 0) is 25.0 Å². The molecule has 1 aromatic heterocycles. The Bertz CT molecular complexity index is 625. The van der Waals surface area contributed by atoms with E-state index < -0.39 is 4.92 Å². The Balaban J connectivity index is 2.26. The maximum atomic E-state index is 11.0. The van der Waals surface area contributed by atoms with Crippen LogP contribution < -0.4 is 5.73 Å². The first kappa shape index (κ1) is 14.5. The highest BCUT2D eigenvalue weighted by Crippen LogP contribution is 2.26. The number of nitro benzene ring substituents is 1. The topological polar surface area (TPSA) is 87.0 Å². The van der Waals surface area contributed by atoms with Crippen molar-refractivity contribution in [1.82, 2.24) is 9.78 Å². The van der Waals surface area contributed by atoms with Crippen molar-refractivity contribution in [3.05, 3.63) is 56.9 Å². The van der Waals surface area contributed by atoms with E-state index in [4.69, 9.17) is 17.3 Å². The normalized spacial score (nSPS) is 12.3. The summed E-state index contributed by atoms with van der Waals surface area (Å²) in [4.78, 5) is 10.6. The van der Waals surface area contributed by atoms with Gasteiger partial charge in [-0.2, -0.15) is 5.10 Å². The highest BCUT2D eigenvalue weighted by atomic mass is 35.5. The number of aromatic nitrogens is 2. The molecule has 2 aromatic rings. The van der Waals surface area contributed by atoms with Crippen LogP contribution in [0.3, 0.4) is 0 Å². The Morgan fingerprint density at radius 3 is 2.95 bits per heavy atom. The van der Waals surface area contributed by atoms with Crippen LogP contribution in [0, 0.1) is 10.1 Å². The van der Waals surface area contributed by atoms with Gasteiger partial charge in [-0.1, -0.05) is 17.7 Å². The largest absolute Gasteiger partial charge is 0.328 e. The monoisotopic (exact) mass is 294 g/mol. The Labute approximate surface area is 121 Å². The first-order valence-corrected chi connectivity index (χ1v) is 6.54. The van der Waals surface area contributed by atoms with Crippen molar-refractivity contribution in [3.8, 4) is 0 Å². The SMILES string of the molecule is CC(N)Cc1cnn(Cc2c(Cl)cccc2[N+](=O)[O-])c1. The van der Waals surface area contributed by atoms with Gasteiger partial charge >= 0.3 is 0 Å². The van der Waals surface area contributed by atoms with E-state index in [9.17, 15) is 10.1 Å². The van der Waals surface area contributed by atoms with Crippen LogP contribution in [0.2, 0.25) is 5.02 Å². The molecule has 0 fully saturated rings. The molecule has 2 rings (SSSR count). The van der Waals surface area contributed by atoms with Crippen molar-refractivity contribution in [2.75, 3.05) is 0 Å². The summed E-state index contributed by atoms with van der Waals surface area (Å²) in [5.41, 5.74) is 7.18. The number of nitrogens with zero attached hydrogens (tertiary/aromatic N) is 3. The molecule has 1 atom stereocenters. The minimum Gasteiger partial charge on any atom is -0.328 e. The number of benzene rings is 1. The molecule has 0 saturated heterocycles. The van der Waals surface area contributed by atoms with Gasteiger partial charge in [-0.3, -0.25) is 14.8 Å². The summed E-state index contributed by atoms with van der Waals surface area (Å²) in [7, 11) is 0. The zero-order valence-electron chi connectivity index (χ0n) is 11.0. The summed E-state index contributed by atoms with van der Waals surface area (Å²) in [6.45, 7) is 2.17. The average Bonchev–Trinajstić information content (AvgIpc) is 2.78. The van der Waals surface area contributed by atoms with Crippen molar-refractivity contribution in [3.63, 3.8) is 0 Å². The van der Waals surface area contributed by atoms with Crippen LogP contribution >= 0.6 is 11.6 Å². The molecule has 0 aliphatic carbocycles. The maximum Gasteiger partial charge on any atom is 0.275 e. The van der Waals surface area contributed by atoms with Crippen molar-refractivity contribution in [2.24, 2.45) is 5.73 Å². The van der Waals surface area contributed by atoms with Gasteiger partial charge in [0.25, 0.3) is 5.69 Å². The van der Waals surface area contributed by atoms with Crippen LogP contribution in [0.1, 0.15) is 18.1 Å². The van der Waals surface area contributed by atoms with Gasteiger partial charge in [0.05, 0.1) is 28.3 Å².